The van der Waals surface area contributed by atoms with E-state index in [1.807, 2.05) is 35.2 Å². The maximum absolute atomic E-state index is 13.1. The Morgan fingerprint density at radius 1 is 0.902 bits per heavy atom. The third-order valence-corrected chi connectivity index (χ3v) is 5.98. The van der Waals surface area contributed by atoms with Gasteiger partial charge in [0.1, 0.15) is 12.4 Å². The number of nitrogens with zero attached hydrogens (tertiary/aromatic N) is 3. The van der Waals surface area contributed by atoms with Crippen LogP contribution in [0.25, 0.3) is 0 Å². The Labute approximate surface area is 229 Å². The van der Waals surface area contributed by atoms with E-state index in [1.54, 1.807) is 6.20 Å². The molecule has 0 saturated carbocycles. The number of rotatable bonds is 4. The Kier molecular flexibility index (Phi) is 11.6. The second-order valence-electron chi connectivity index (χ2n) is 9.05. The number of aliphatic carboxylic acids is 2. The first-order valence-electron chi connectivity index (χ1n) is 11.9. The summed E-state index contributed by atoms with van der Waals surface area (Å²) in [4.78, 5) is 38.7. The largest absolute Gasteiger partial charge is 0.490 e. The van der Waals surface area contributed by atoms with Gasteiger partial charge in [-0.25, -0.2) is 14.0 Å². The third-order valence-electron chi connectivity index (χ3n) is 5.98. The number of carbonyl (C=O) groups is 3. The average Bonchev–Trinajstić information content (AvgIpc) is 2.89. The molecule has 1 amide bonds. The topological polar surface area (TPSA) is 120 Å². The average molecular weight is 597 g/mol. The first-order chi connectivity index (χ1) is 19.0. The minimum absolute atomic E-state index is 0.0278. The van der Waals surface area contributed by atoms with E-state index < -0.39 is 24.3 Å². The van der Waals surface area contributed by atoms with Gasteiger partial charge in [0, 0.05) is 25.8 Å². The standard InChI is InChI=1S/C21H24FN3O2.2C2HF3O2/c22-18-6-4-17(5-7-18)13-24-11-8-21(9-12-24)16-25(20(26)15-27-21)14-19-3-1-2-10-23-19;2*3-2(4,5)1(6)7/h1-7,10H,8-9,11-16H2;2*(H,6,7). The van der Waals surface area contributed by atoms with Gasteiger partial charge in [-0.2, -0.15) is 26.3 Å². The van der Waals surface area contributed by atoms with Crippen LogP contribution < -0.4 is 0 Å². The van der Waals surface area contributed by atoms with Crippen LogP contribution in [0.2, 0.25) is 0 Å². The molecule has 9 nitrogen and oxygen atoms in total. The van der Waals surface area contributed by atoms with Crippen LogP contribution >= 0.6 is 0 Å². The number of piperidine rings is 1. The molecule has 226 valence electrons. The van der Waals surface area contributed by atoms with Crippen LogP contribution in [-0.2, 0) is 32.2 Å². The van der Waals surface area contributed by atoms with Crippen LogP contribution in [-0.4, -0.2) is 87.0 Å². The number of alkyl halides is 6. The predicted molar refractivity (Wildman–Crippen MR) is 127 cm³/mol. The van der Waals surface area contributed by atoms with E-state index in [0.29, 0.717) is 13.1 Å². The fourth-order valence-corrected chi connectivity index (χ4v) is 3.89. The van der Waals surface area contributed by atoms with Crippen molar-refractivity contribution in [1.29, 1.82) is 0 Å². The van der Waals surface area contributed by atoms with Gasteiger partial charge in [0.25, 0.3) is 0 Å². The van der Waals surface area contributed by atoms with Crippen LogP contribution in [0.15, 0.2) is 48.7 Å². The number of ether oxygens (including phenoxy) is 1. The summed E-state index contributed by atoms with van der Waals surface area (Å²) >= 11 is 0. The fraction of sp³-hybridized carbons (Fsp3) is 0.440. The molecule has 16 heteroatoms. The van der Waals surface area contributed by atoms with Crippen LogP contribution in [0.5, 0.6) is 0 Å². The van der Waals surface area contributed by atoms with Crippen LogP contribution in [0.1, 0.15) is 24.1 Å². The van der Waals surface area contributed by atoms with Gasteiger partial charge in [-0.15, -0.1) is 0 Å². The summed E-state index contributed by atoms with van der Waals surface area (Å²) in [6, 6.07) is 12.5. The van der Waals surface area contributed by atoms with E-state index in [2.05, 4.69) is 9.88 Å². The lowest BCUT2D eigenvalue weighted by Crippen LogP contribution is -2.58. The van der Waals surface area contributed by atoms with E-state index in [1.165, 1.54) is 12.1 Å². The van der Waals surface area contributed by atoms with Crippen molar-refractivity contribution in [1.82, 2.24) is 14.8 Å². The van der Waals surface area contributed by atoms with Gasteiger partial charge in [0.2, 0.25) is 5.91 Å². The molecule has 2 saturated heterocycles. The van der Waals surface area contributed by atoms with Crippen molar-refractivity contribution in [2.45, 2.75) is 43.9 Å². The van der Waals surface area contributed by atoms with Gasteiger partial charge in [-0.05, 0) is 42.7 Å². The number of carboxylic acids is 2. The number of hydrogen-bond acceptors (Lipinski definition) is 6. The zero-order valence-electron chi connectivity index (χ0n) is 21.3. The lowest BCUT2D eigenvalue weighted by molar-refractivity contribution is -0.193. The molecule has 0 bridgehead atoms. The number of hydrogen-bond donors (Lipinski definition) is 2. The number of amides is 1. The molecule has 2 aliphatic rings. The number of pyridine rings is 1. The van der Waals surface area contributed by atoms with Crippen molar-refractivity contribution in [2.75, 3.05) is 26.2 Å². The molecular weight excluding hydrogens is 571 g/mol. The minimum atomic E-state index is -5.08. The van der Waals surface area contributed by atoms with Crippen LogP contribution in [0.3, 0.4) is 0 Å². The number of aromatic nitrogens is 1. The van der Waals surface area contributed by atoms with Gasteiger partial charge in [-0.3, -0.25) is 14.7 Å². The van der Waals surface area contributed by atoms with E-state index in [-0.39, 0.29) is 23.9 Å². The zero-order valence-corrected chi connectivity index (χ0v) is 21.3. The summed E-state index contributed by atoms with van der Waals surface area (Å²) in [6.45, 7) is 3.92. The maximum atomic E-state index is 13.1. The van der Waals surface area contributed by atoms with Gasteiger partial charge >= 0.3 is 24.3 Å². The molecule has 2 aromatic rings. The number of carboxylic acid groups (broad SMARTS) is 2. The smallest absolute Gasteiger partial charge is 0.475 e. The quantitative estimate of drug-likeness (QED) is 0.510. The van der Waals surface area contributed by atoms with Crippen molar-refractivity contribution in [3.63, 3.8) is 0 Å². The molecule has 0 radical (unpaired) electrons. The SMILES string of the molecule is O=C(O)C(F)(F)F.O=C(O)C(F)(F)F.O=C1COC2(CCN(Cc3ccc(F)cc3)CC2)CN1Cc1ccccn1. The van der Waals surface area contributed by atoms with E-state index >= 15 is 0 Å². The minimum Gasteiger partial charge on any atom is -0.475 e. The molecule has 2 N–H and O–H groups in total. The molecule has 3 heterocycles. The predicted octanol–water partition coefficient (Wildman–Crippen LogP) is 3.88. The highest BCUT2D eigenvalue weighted by molar-refractivity contribution is 5.78. The highest BCUT2D eigenvalue weighted by Gasteiger charge is 2.42. The van der Waals surface area contributed by atoms with Gasteiger partial charge in [0.15, 0.2) is 0 Å². The first-order valence-corrected chi connectivity index (χ1v) is 11.9. The molecule has 4 rings (SSSR count). The van der Waals surface area contributed by atoms with Gasteiger partial charge in [-0.1, -0.05) is 18.2 Å². The molecule has 41 heavy (non-hydrogen) atoms. The highest BCUT2D eigenvalue weighted by Crippen LogP contribution is 2.31. The second-order valence-corrected chi connectivity index (χ2v) is 9.05. The Morgan fingerprint density at radius 2 is 1.44 bits per heavy atom. The molecule has 1 aromatic carbocycles. The summed E-state index contributed by atoms with van der Waals surface area (Å²) in [6.07, 6.45) is -6.63. The van der Waals surface area contributed by atoms with Crippen molar-refractivity contribution in [3.8, 4) is 0 Å². The molecular formula is C25H26F7N3O6. The van der Waals surface area contributed by atoms with Crippen molar-refractivity contribution in [2.24, 2.45) is 0 Å². The normalized spacial score (nSPS) is 17.1. The molecule has 0 atom stereocenters. The Morgan fingerprint density at radius 3 is 1.90 bits per heavy atom. The third kappa shape index (κ3) is 11.3. The summed E-state index contributed by atoms with van der Waals surface area (Å²) in [5, 5.41) is 14.2. The maximum Gasteiger partial charge on any atom is 0.490 e. The number of halogens is 7. The van der Waals surface area contributed by atoms with Crippen molar-refractivity contribution < 1.29 is 60.1 Å². The summed E-state index contributed by atoms with van der Waals surface area (Å²) in [7, 11) is 0. The number of likely N-dealkylation sites (tertiary alicyclic amines) is 1. The van der Waals surface area contributed by atoms with E-state index in [4.69, 9.17) is 24.5 Å². The summed E-state index contributed by atoms with van der Waals surface area (Å²) in [5.41, 5.74) is 1.75. The van der Waals surface area contributed by atoms with Crippen LogP contribution in [0.4, 0.5) is 30.7 Å². The fourth-order valence-electron chi connectivity index (χ4n) is 3.89. The Balaban J connectivity index is 0.000000349. The Hall–Kier alpha value is -3.79. The highest BCUT2D eigenvalue weighted by atomic mass is 19.4. The lowest BCUT2D eigenvalue weighted by Gasteiger charge is -2.47. The van der Waals surface area contributed by atoms with E-state index in [0.717, 1.165) is 43.7 Å². The molecule has 0 unspecified atom stereocenters. The molecule has 2 aliphatic heterocycles. The summed E-state index contributed by atoms with van der Waals surface area (Å²) < 4.78 is 82.5. The van der Waals surface area contributed by atoms with Crippen molar-refractivity contribution >= 4 is 17.8 Å². The lowest BCUT2D eigenvalue weighted by atomic mass is 9.89. The van der Waals surface area contributed by atoms with Crippen LogP contribution in [0, 0.1) is 5.82 Å². The molecule has 1 aromatic heterocycles. The molecule has 2 fully saturated rings. The molecule has 0 aliphatic carbocycles. The number of carbonyl (C=O) groups excluding carboxylic acids is 1. The second kappa shape index (κ2) is 14.2. The number of morpholine rings is 1. The zero-order chi connectivity index (χ0) is 30.8. The van der Waals surface area contributed by atoms with Gasteiger partial charge in [0.05, 0.1) is 24.4 Å². The van der Waals surface area contributed by atoms with Crippen molar-refractivity contribution in [3.05, 3.63) is 65.7 Å². The van der Waals surface area contributed by atoms with E-state index in [9.17, 15) is 35.5 Å². The summed E-state index contributed by atoms with van der Waals surface area (Å²) in [5.74, 6) is -5.69. The first kappa shape index (κ1) is 33.4. The number of benzene rings is 1. The molecule has 1 spiro atoms. The monoisotopic (exact) mass is 597 g/mol. The Bertz CT molecular complexity index is 1130. The van der Waals surface area contributed by atoms with Gasteiger partial charge < -0.3 is 19.8 Å².